The Bertz CT molecular complexity index is 2800. The summed E-state index contributed by atoms with van der Waals surface area (Å²) >= 11 is 0. The Kier molecular flexibility index (Phi) is 17.3. The fraction of sp³-hybridized carbons (Fsp3) is 0.200. The van der Waals surface area contributed by atoms with Gasteiger partial charge in [0, 0.05) is 30.4 Å². The van der Waals surface area contributed by atoms with Gasteiger partial charge in [0.2, 0.25) is 0 Å². The smallest absolute Gasteiger partial charge is 0.416 e. The minimum Gasteiger partial charge on any atom is -0.872 e. The van der Waals surface area contributed by atoms with Crippen molar-refractivity contribution in [2.24, 2.45) is 11.8 Å². The molecule has 0 radical (unpaired) electrons. The number of benzene rings is 7. The van der Waals surface area contributed by atoms with Crippen molar-refractivity contribution in [1.29, 1.82) is 0 Å². The molecule has 1 heterocycles. The number of fused-ring (bicyclic) bond motifs is 1. The lowest BCUT2D eigenvalue weighted by Gasteiger charge is -2.24. The van der Waals surface area contributed by atoms with Gasteiger partial charge in [-0.15, -0.1) is 0 Å². The number of para-hydroxylation sites is 1. The van der Waals surface area contributed by atoms with Crippen LogP contribution in [0.3, 0.4) is 0 Å². The summed E-state index contributed by atoms with van der Waals surface area (Å²) in [7, 11) is -4.52. The minimum atomic E-state index is -4.33. The van der Waals surface area contributed by atoms with Gasteiger partial charge in [0.25, 0.3) is 10.1 Å². The number of hydrogen-bond acceptors (Lipinski definition) is 7. The molecule has 3 fully saturated rings. The summed E-state index contributed by atoms with van der Waals surface area (Å²) in [5.74, 6) is -1.68. The lowest BCUT2D eigenvalue weighted by molar-refractivity contribution is -0.268. The summed E-state index contributed by atoms with van der Waals surface area (Å²) in [6.45, 7) is 1.73. The molecule has 5 unspecified atom stereocenters. The number of hydrogen-bond donors (Lipinski definition) is 1. The number of carboxylic acid groups (broad SMARTS) is 1. The minimum absolute atomic E-state index is 0.0460. The van der Waals surface area contributed by atoms with Crippen LogP contribution in [0.2, 0.25) is 0 Å². The number of ether oxygens (including phenoxy) is 1. The third-order valence-electron chi connectivity index (χ3n) is 11.8. The normalized spacial score (nSPS) is 19.2. The molecular formula is C55H47F6O8S3+. The second-order valence-electron chi connectivity index (χ2n) is 16.5. The first kappa shape index (κ1) is 53.3. The van der Waals surface area contributed by atoms with Crippen molar-refractivity contribution in [2.45, 2.75) is 85.4 Å². The monoisotopic (exact) mass is 1050 g/mol. The van der Waals surface area contributed by atoms with E-state index in [2.05, 4.69) is 0 Å². The molecule has 0 aromatic heterocycles. The maximum Gasteiger partial charge on any atom is 0.416 e. The number of alkyl halides is 6. The van der Waals surface area contributed by atoms with Crippen LogP contribution >= 0.6 is 0 Å². The molecule has 0 spiro atoms. The molecule has 10 rings (SSSR count). The Balaban J connectivity index is 0.000000147. The quantitative estimate of drug-likeness (QED) is 0.0655. The average Bonchev–Trinajstić information content (AvgIpc) is 4.01. The van der Waals surface area contributed by atoms with Crippen LogP contribution in [0.4, 0.5) is 26.3 Å². The van der Waals surface area contributed by atoms with E-state index in [0.717, 1.165) is 38.1 Å². The van der Waals surface area contributed by atoms with E-state index in [9.17, 15) is 49.5 Å². The molecule has 2 aliphatic carbocycles. The molecule has 374 valence electrons. The van der Waals surface area contributed by atoms with Crippen molar-refractivity contribution in [3.63, 3.8) is 0 Å². The van der Waals surface area contributed by atoms with Crippen molar-refractivity contribution in [1.82, 2.24) is 0 Å². The highest BCUT2D eigenvalue weighted by Gasteiger charge is 2.65. The molecule has 72 heavy (non-hydrogen) atoms. The molecule has 2 bridgehead atoms. The van der Waals surface area contributed by atoms with Crippen LogP contribution in [0.1, 0.15) is 47.7 Å². The topological polar surface area (TPSA) is 130 Å². The van der Waals surface area contributed by atoms with Crippen LogP contribution in [-0.4, -0.2) is 42.9 Å². The second kappa shape index (κ2) is 23.3. The SMILES string of the molecule is CCC(=O)OC1C2CC3C1OS(=O)(=O)C3C2.FC(F)(F)c1cccc([S+](c2ccccc2)c2ccccc2)c1.FC(F)(F)c1cccc([S+](c2ccccc2)c2ccccc2)c1.O=C(O)c1ccccc1[O-]. The molecule has 17 heteroatoms. The fourth-order valence-electron chi connectivity index (χ4n) is 8.56. The predicted octanol–water partition coefficient (Wildman–Crippen LogP) is 12.5. The van der Waals surface area contributed by atoms with E-state index in [1.807, 2.05) is 121 Å². The standard InChI is InChI=1S/2C19H14F3S.C10H14O5S.C7H6O3/c2*20-19(21,22)15-8-7-13-18(14-15)23(16-9-3-1-4-10-16)17-11-5-2-6-12-17;1-2-8(11)14-9-5-3-6-7(4-5)16(12,13)15-10(6)9;8-6-4-2-1-3-5(6)7(9)10/h2*1-14H;5-7,9-10H,2-4H2,1H3;1-4,8H,(H,9,10)/q2*+1;;/p-1. The van der Waals surface area contributed by atoms with Gasteiger partial charge in [0.05, 0.1) is 43.7 Å². The lowest BCUT2D eigenvalue weighted by atomic mass is 9.94. The van der Waals surface area contributed by atoms with Crippen LogP contribution in [0.5, 0.6) is 5.75 Å². The van der Waals surface area contributed by atoms with Gasteiger partial charge >= 0.3 is 24.3 Å². The Labute approximate surface area is 419 Å². The van der Waals surface area contributed by atoms with Gasteiger partial charge in [-0.3, -0.25) is 8.98 Å². The molecule has 1 aliphatic heterocycles. The largest absolute Gasteiger partial charge is 0.872 e. The molecule has 3 aliphatic rings. The van der Waals surface area contributed by atoms with Gasteiger partial charge in [-0.25, -0.2) is 4.79 Å². The first-order valence-corrected chi connectivity index (χ1v) is 26.4. The van der Waals surface area contributed by atoms with Gasteiger partial charge in [-0.1, -0.05) is 116 Å². The predicted molar refractivity (Wildman–Crippen MR) is 260 cm³/mol. The van der Waals surface area contributed by atoms with Crippen LogP contribution < -0.4 is 5.11 Å². The first-order valence-electron chi connectivity index (χ1n) is 22.5. The van der Waals surface area contributed by atoms with Crippen LogP contribution in [0, 0.1) is 11.8 Å². The zero-order chi connectivity index (χ0) is 51.6. The number of esters is 1. The van der Waals surface area contributed by atoms with Gasteiger partial charge in [-0.05, 0) is 91.7 Å². The van der Waals surface area contributed by atoms with E-state index in [0.29, 0.717) is 22.6 Å². The van der Waals surface area contributed by atoms with Crippen molar-refractivity contribution < 1.29 is 63.5 Å². The molecule has 1 N–H and O–H groups in total. The molecule has 0 amide bonds. The third kappa shape index (κ3) is 13.1. The van der Waals surface area contributed by atoms with Gasteiger partial charge in [0.15, 0.2) is 29.4 Å². The molecule has 2 saturated carbocycles. The summed E-state index contributed by atoms with van der Waals surface area (Å²) < 4.78 is 112. The second-order valence-corrected chi connectivity index (χ2v) is 22.3. The van der Waals surface area contributed by atoms with Crippen LogP contribution in [-0.2, 0) is 58.0 Å². The van der Waals surface area contributed by atoms with Crippen molar-refractivity contribution in [3.8, 4) is 5.75 Å². The maximum absolute atomic E-state index is 13.0. The van der Waals surface area contributed by atoms with Gasteiger partial charge in [0.1, 0.15) is 12.2 Å². The molecule has 7 aromatic carbocycles. The van der Waals surface area contributed by atoms with E-state index >= 15 is 0 Å². The number of aromatic carboxylic acids is 1. The van der Waals surface area contributed by atoms with Gasteiger partial charge < -0.3 is 14.9 Å². The molecule has 7 aromatic rings. The molecular weight excluding hydrogens is 999 g/mol. The Hall–Kier alpha value is -6.53. The highest BCUT2D eigenvalue weighted by atomic mass is 32.2. The molecule has 1 saturated heterocycles. The third-order valence-corrected chi connectivity index (χ3v) is 18.0. The Morgan fingerprint density at radius 1 is 0.597 bits per heavy atom. The summed E-state index contributed by atoms with van der Waals surface area (Å²) in [4.78, 5) is 26.8. The van der Waals surface area contributed by atoms with Crippen molar-refractivity contribution in [3.05, 3.63) is 211 Å². The number of halogens is 6. The summed E-state index contributed by atoms with van der Waals surface area (Å²) in [6, 6.07) is 55.3. The highest BCUT2D eigenvalue weighted by Crippen LogP contribution is 2.55. The number of rotatable bonds is 9. The van der Waals surface area contributed by atoms with E-state index in [1.54, 1.807) is 19.1 Å². The summed E-state index contributed by atoms with van der Waals surface area (Å²) in [5.41, 5.74) is -1.40. The van der Waals surface area contributed by atoms with E-state index in [1.165, 1.54) is 48.5 Å². The van der Waals surface area contributed by atoms with Crippen LogP contribution in [0.15, 0.2) is 223 Å². The van der Waals surface area contributed by atoms with Crippen LogP contribution in [0.25, 0.3) is 0 Å². The fourth-order valence-corrected chi connectivity index (χ4v) is 14.7. The van der Waals surface area contributed by atoms with Crippen molar-refractivity contribution >= 4 is 43.8 Å². The summed E-state index contributed by atoms with van der Waals surface area (Å²) in [5, 5.41) is 18.7. The number of carboxylic acids is 1. The number of carbonyl (C=O) groups excluding carboxylic acids is 1. The first-order chi connectivity index (χ1) is 34.4. The zero-order valence-electron chi connectivity index (χ0n) is 38.3. The Morgan fingerprint density at radius 3 is 1.35 bits per heavy atom. The highest BCUT2D eigenvalue weighted by molar-refractivity contribution is 7.97. The average molecular weight is 1050 g/mol. The van der Waals surface area contributed by atoms with E-state index < -0.39 is 73.2 Å². The molecule has 5 atom stereocenters. The Morgan fingerprint density at radius 2 is 0.986 bits per heavy atom. The van der Waals surface area contributed by atoms with E-state index in [-0.39, 0.29) is 34.7 Å². The maximum atomic E-state index is 13.0. The molecule has 8 nitrogen and oxygen atoms in total. The zero-order valence-corrected chi connectivity index (χ0v) is 40.7. The number of carbonyl (C=O) groups is 2. The van der Waals surface area contributed by atoms with E-state index in [4.69, 9.17) is 14.0 Å². The summed E-state index contributed by atoms with van der Waals surface area (Å²) in [6.07, 6.45) is -7.70. The van der Waals surface area contributed by atoms with Gasteiger partial charge in [-0.2, -0.15) is 34.8 Å². The van der Waals surface area contributed by atoms with Crippen molar-refractivity contribution in [2.75, 3.05) is 0 Å². The lowest BCUT2D eigenvalue weighted by Crippen LogP contribution is -2.37.